The largest absolute Gasteiger partial charge is 0.493 e. The van der Waals surface area contributed by atoms with Crippen LogP contribution in [0, 0.1) is 0 Å². The van der Waals surface area contributed by atoms with Gasteiger partial charge in [-0.25, -0.2) is 0 Å². The number of furan rings is 1. The molecule has 0 fully saturated rings. The Labute approximate surface area is 199 Å². The average molecular weight is 474 g/mol. The highest BCUT2D eigenvalue weighted by atomic mass is 35.5. The van der Waals surface area contributed by atoms with E-state index in [0.29, 0.717) is 34.5 Å². The molecule has 0 aliphatic heterocycles. The van der Waals surface area contributed by atoms with Gasteiger partial charge in [-0.05, 0) is 44.0 Å². The van der Waals surface area contributed by atoms with Crippen LogP contribution in [0.15, 0.2) is 47.1 Å². The number of hydrogen-bond donors (Lipinski definition) is 1. The fraction of sp³-hybridized carbons (Fsp3) is 0.346. The molecule has 6 heteroatoms. The summed E-state index contributed by atoms with van der Waals surface area (Å²) in [5, 5.41) is 4.98. The molecule has 2 aromatic carbocycles. The first-order chi connectivity index (χ1) is 15.4. The minimum absolute atomic E-state index is 0.102. The van der Waals surface area contributed by atoms with Gasteiger partial charge in [0, 0.05) is 45.8 Å². The molecule has 0 aliphatic carbocycles. The maximum atomic E-state index is 12.4. The van der Waals surface area contributed by atoms with Crippen molar-refractivity contribution in [2.24, 2.45) is 0 Å². The van der Waals surface area contributed by atoms with E-state index in [0.717, 1.165) is 40.5 Å². The third-order valence-corrected chi connectivity index (χ3v) is 5.85. The fourth-order valence-corrected chi connectivity index (χ4v) is 4.15. The van der Waals surface area contributed by atoms with Gasteiger partial charge in [0.25, 0.3) is 0 Å². The topological polar surface area (TPSA) is 51.5 Å². The van der Waals surface area contributed by atoms with Crippen molar-refractivity contribution in [1.82, 2.24) is 5.32 Å². The third kappa shape index (κ3) is 5.87. The first-order valence-corrected chi connectivity index (χ1v) is 11.8. The van der Waals surface area contributed by atoms with E-state index in [2.05, 4.69) is 12.2 Å². The van der Waals surface area contributed by atoms with Crippen LogP contribution in [0.5, 0.6) is 5.75 Å². The van der Waals surface area contributed by atoms with Crippen LogP contribution >= 0.6 is 23.2 Å². The van der Waals surface area contributed by atoms with Crippen molar-refractivity contribution in [3.63, 3.8) is 0 Å². The molecule has 1 amide bonds. The average Bonchev–Trinajstić information content (AvgIpc) is 3.16. The summed E-state index contributed by atoms with van der Waals surface area (Å²) in [5.41, 5.74) is 4.03. The van der Waals surface area contributed by atoms with Gasteiger partial charge in [0.05, 0.1) is 17.9 Å². The molecule has 0 spiro atoms. The zero-order valence-corrected chi connectivity index (χ0v) is 20.3. The summed E-state index contributed by atoms with van der Waals surface area (Å²) in [7, 11) is 0. The van der Waals surface area contributed by atoms with Crippen LogP contribution in [-0.2, 0) is 4.79 Å². The zero-order chi connectivity index (χ0) is 23.1. The molecule has 0 atom stereocenters. The van der Waals surface area contributed by atoms with E-state index in [4.69, 9.17) is 32.4 Å². The van der Waals surface area contributed by atoms with Crippen LogP contribution in [0.1, 0.15) is 52.0 Å². The number of rotatable bonds is 10. The number of fused-ring (bicyclic) bond motifs is 1. The second-order valence-electron chi connectivity index (χ2n) is 7.73. The molecule has 1 aromatic heterocycles. The van der Waals surface area contributed by atoms with Gasteiger partial charge in [0.2, 0.25) is 5.91 Å². The van der Waals surface area contributed by atoms with Gasteiger partial charge in [-0.15, -0.1) is 0 Å². The number of halogens is 2. The number of carbonyl (C=O) groups excluding carboxylic acids is 1. The monoisotopic (exact) mass is 473 g/mol. The Bertz CT molecular complexity index is 1120. The maximum absolute atomic E-state index is 12.4. The van der Waals surface area contributed by atoms with Crippen molar-refractivity contribution in [3.8, 4) is 16.9 Å². The third-order valence-electron chi connectivity index (χ3n) is 5.30. The first-order valence-electron chi connectivity index (χ1n) is 11.0. The van der Waals surface area contributed by atoms with Gasteiger partial charge >= 0.3 is 0 Å². The highest BCUT2D eigenvalue weighted by molar-refractivity contribution is 6.36. The Balaban J connectivity index is 1.94. The summed E-state index contributed by atoms with van der Waals surface area (Å²) in [6.07, 6.45) is 7.78. The molecule has 0 saturated heterocycles. The lowest BCUT2D eigenvalue weighted by Crippen LogP contribution is -2.22. The summed E-state index contributed by atoms with van der Waals surface area (Å²) in [5.74, 6) is 0.572. The summed E-state index contributed by atoms with van der Waals surface area (Å²) in [6, 6.07) is 9.24. The Kier molecular flexibility index (Phi) is 8.66. The quantitative estimate of drug-likeness (QED) is 0.240. The number of nitrogens with one attached hydrogen (secondary N) is 1. The Hall–Kier alpha value is -2.43. The van der Waals surface area contributed by atoms with Gasteiger partial charge in [0.1, 0.15) is 11.3 Å². The van der Waals surface area contributed by atoms with E-state index in [1.54, 1.807) is 24.5 Å². The van der Waals surface area contributed by atoms with Crippen molar-refractivity contribution in [2.45, 2.75) is 46.5 Å². The van der Waals surface area contributed by atoms with E-state index < -0.39 is 0 Å². The molecule has 0 unspecified atom stereocenters. The Morgan fingerprint density at radius 3 is 2.62 bits per heavy atom. The van der Waals surface area contributed by atoms with Gasteiger partial charge in [-0.3, -0.25) is 4.79 Å². The van der Waals surface area contributed by atoms with Gasteiger partial charge in [0.15, 0.2) is 0 Å². The van der Waals surface area contributed by atoms with E-state index in [1.807, 2.05) is 32.0 Å². The second kappa shape index (κ2) is 11.4. The summed E-state index contributed by atoms with van der Waals surface area (Å²) in [6.45, 7) is 7.20. The molecule has 170 valence electrons. The predicted octanol–water partition coefficient (Wildman–Crippen LogP) is 7.91. The van der Waals surface area contributed by atoms with Crippen LogP contribution in [0.25, 0.3) is 27.7 Å². The van der Waals surface area contributed by atoms with E-state index in [9.17, 15) is 4.79 Å². The van der Waals surface area contributed by atoms with Crippen LogP contribution in [0.3, 0.4) is 0 Å². The van der Waals surface area contributed by atoms with Crippen molar-refractivity contribution in [3.05, 3.63) is 58.3 Å². The SMILES string of the molecule is CCCCCCNC(=O)/C=C(\C)c1cc2c(-c3ccc(Cl)cc3Cl)coc2cc1OCC. The van der Waals surface area contributed by atoms with Gasteiger partial charge in [-0.2, -0.15) is 0 Å². The molecule has 4 nitrogen and oxygen atoms in total. The fourth-order valence-electron chi connectivity index (χ4n) is 3.64. The molecular formula is C26H29Cl2NO3. The number of carbonyl (C=O) groups is 1. The maximum Gasteiger partial charge on any atom is 0.244 e. The number of amides is 1. The number of ether oxygens (including phenoxy) is 1. The number of hydrogen-bond acceptors (Lipinski definition) is 3. The molecule has 0 aliphatic rings. The second-order valence-corrected chi connectivity index (χ2v) is 8.57. The van der Waals surface area contributed by atoms with E-state index in [-0.39, 0.29) is 5.91 Å². The molecule has 32 heavy (non-hydrogen) atoms. The predicted molar refractivity (Wildman–Crippen MR) is 134 cm³/mol. The molecule has 0 radical (unpaired) electrons. The van der Waals surface area contributed by atoms with Crippen molar-refractivity contribution < 1.29 is 13.9 Å². The van der Waals surface area contributed by atoms with Crippen LogP contribution < -0.4 is 10.1 Å². The Morgan fingerprint density at radius 2 is 1.91 bits per heavy atom. The summed E-state index contributed by atoms with van der Waals surface area (Å²) in [4.78, 5) is 12.4. The van der Waals surface area contributed by atoms with Crippen molar-refractivity contribution in [1.29, 1.82) is 0 Å². The highest BCUT2D eigenvalue weighted by Gasteiger charge is 2.17. The minimum atomic E-state index is -0.102. The smallest absolute Gasteiger partial charge is 0.244 e. The lowest BCUT2D eigenvalue weighted by molar-refractivity contribution is -0.116. The normalized spacial score (nSPS) is 11.7. The van der Waals surface area contributed by atoms with E-state index in [1.165, 1.54) is 12.8 Å². The zero-order valence-electron chi connectivity index (χ0n) is 18.8. The molecular weight excluding hydrogens is 445 g/mol. The molecule has 1 heterocycles. The molecule has 3 aromatic rings. The highest BCUT2D eigenvalue weighted by Crippen LogP contribution is 2.40. The van der Waals surface area contributed by atoms with E-state index >= 15 is 0 Å². The first kappa shape index (κ1) is 24.2. The van der Waals surface area contributed by atoms with Gasteiger partial charge in [-0.1, -0.05) is 55.5 Å². The van der Waals surface area contributed by atoms with Crippen molar-refractivity contribution in [2.75, 3.05) is 13.2 Å². The minimum Gasteiger partial charge on any atom is -0.493 e. The number of unbranched alkanes of at least 4 members (excludes halogenated alkanes) is 3. The molecule has 1 N–H and O–H groups in total. The van der Waals surface area contributed by atoms with Crippen LogP contribution in [-0.4, -0.2) is 19.1 Å². The molecule has 3 rings (SSSR count). The summed E-state index contributed by atoms with van der Waals surface area (Å²) < 4.78 is 11.7. The molecule has 0 saturated carbocycles. The standard InChI is InChI=1S/C26H29Cl2NO3/c1-4-6-7-8-11-29-26(30)12-17(3)20-14-21-22(19-10-9-18(27)13-23(19)28)16-32-25(21)15-24(20)31-5-2/h9-10,12-16H,4-8,11H2,1-3H3,(H,29,30)/b17-12+. The van der Waals surface area contributed by atoms with Crippen molar-refractivity contribution >= 4 is 45.7 Å². The van der Waals surface area contributed by atoms with Crippen LogP contribution in [0.2, 0.25) is 10.0 Å². The molecule has 0 bridgehead atoms. The number of benzene rings is 2. The number of allylic oxidation sites excluding steroid dienone is 1. The van der Waals surface area contributed by atoms with Crippen LogP contribution in [0.4, 0.5) is 0 Å². The lowest BCUT2D eigenvalue weighted by Gasteiger charge is -2.12. The lowest BCUT2D eigenvalue weighted by atomic mass is 9.99. The Morgan fingerprint density at radius 1 is 1.09 bits per heavy atom. The summed E-state index contributed by atoms with van der Waals surface area (Å²) >= 11 is 12.5. The van der Waals surface area contributed by atoms with Gasteiger partial charge < -0.3 is 14.5 Å².